The van der Waals surface area contributed by atoms with Gasteiger partial charge in [0.15, 0.2) is 5.76 Å². The number of furan rings is 1. The van der Waals surface area contributed by atoms with Crippen LogP contribution in [0.5, 0.6) is 0 Å². The molecule has 0 bridgehead atoms. The van der Waals surface area contributed by atoms with Crippen LogP contribution >= 0.6 is 11.8 Å². The Hall–Kier alpha value is -3.26. The number of nitriles is 1. The molecule has 3 aromatic rings. The molecule has 1 aliphatic heterocycles. The fourth-order valence-electron chi connectivity index (χ4n) is 2.98. The molecule has 11 heteroatoms. The van der Waals surface area contributed by atoms with Crippen molar-refractivity contribution in [2.45, 2.75) is 18.5 Å². The third kappa shape index (κ3) is 4.12. The number of aromatic nitrogens is 4. The van der Waals surface area contributed by atoms with Crippen molar-refractivity contribution in [2.75, 3.05) is 36.8 Å². The summed E-state index contributed by atoms with van der Waals surface area (Å²) in [5.74, 6) is 2.28. The van der Waals surface area contributed by atoms with Crippen LogP contribution in [0.15, 0.2) is 32.4 Å². The van der Waals surface area contributed by atoms with Gasteiger partial charge in [0.2, 0.25) is 22.6 Å². The van der Waals surface area contributed by atoms with E-state index >= 15 is 0 Å². The Morgan fingerprint density at radius 1 is 1.34 bits per heavy atom. The van der Waals surface area contributed by atoms with E-state index < -0.39 is 0 Å². The normalized spacial score (nSPS) is 14.2. The van der Waals surface area contributed by atoms with Crippen molar-refractivity contribution >= 4 is 23.6 Å². The molecule has 0 aromatic carbocycles. The van der Waals surface area contributed by atoms with Gasteiger partial charge in [-0.1, -0.05) is 18.7 Å². The second kappa shape index (κ2) is 8.40. The van der Waals surface area contributed by atoms with Gasteiger partial charge >= 0.3 is 0 Å². The lowest BCUT2D eigenvalue weighted by molar-refractivity contribution is -0.128. The van der Waals surface area contributed by atoms with Crippen LogP contribution in [0.2, 0.25) is 0 Å². The quantitative estimate of drug-likeness (QED) is 0.603. The first kappa shape index (κ1) is 19.1. The minimum atomic E-state index is 0.0341. The maximum Gasteiger partial charge on any atom is 0.266 e. The maximum atomic E-state index is 12.5. The zero-order valence-electron chi connectivity index (χ0n) is 15.8. The predicted octanol–water partition coefficient (Wildman–Crippen LogP) is 1.93. The average Bonchev–Trinajstić information content (AvgIpc) is 3.52. The number of amides is 1. The van der Waals surface area contributed by atoms with E-state index in [0.29, 0.717) is 43.0 Å². The number of oxazole rings is 1. The minimum Gasteiger partial charge on any atom is -0.459 e. The smallest absolute Gasteiger partial charge is 0.266 e. The molecule has 0 unspecified atom stereocenters. The molecule has 4 heterocycles. The second-order valence-corrected chi connectivity index (χ2v) is 7.28. The first-order chi connectivity index (χ1) is 14.2. The van der Waals surface area contributed by atoms with Crippen LogP contribution in [-0.2, 0) is 11.2 Å². The Balaban J connectivity index is 1.34. The van der Waals surface area contributed by atoms with Gasteiger partial charge in [-0.25, -0.2) is 4.98 Å². The van der Waals surface area contributed by atoms with Gasteiger partial charge < -0.3 is 18.6 Å². The number of rotatable bonds is 6. The first-order valence-corrected chi connectivity index (χ1v) is 10.2. The number of thioether (sulfide) groups is 1. The Labute approximate surface area is 170 Å². The number of aryl methyl sites for hydroxylation is 1. The number of carbonyl (C=O) groups is 1. The number of aromatic amines is 1. The summed E-state index contributed by atoms with van der Waals surface area (Å²) in [5.41, 5.74) is 0.211. The van der Waals surface area contributed by atoms with Crippen molar-refractivity contribution in [3.63, 3.8) is 0 Å². The van der Waals surface area contributed by atoms with Gasteiger partial charge in [-0.15, -0.1) is 5.10 Å². The molecular weight excluding hydrogens is 394 g/mol. The largest absolute Gasteiger partial charge is 0.459 e. The molecule has 0 radical (unpaired) electrons. The summed E-state index contributed by atoms with van der Waals surface area (Å²) in [7, 11) is 0. The third-order valence-corrected chi connectivity index (χ3v) is 5.37. The van der Waals surface area contributed by atoms with Crippen LogP contribution in [0.25, 0.3) is 11.7 Å². The molecular formula is C18H19N7O3S. The number of H-pyrrole nitrogens is 1. The molecule has 1 fully saturated rings. The van der Waals surface area contributed by atoms with E-state index in [9.17, 15) is 10.1 Å². The van der Waals surface area contributed by atoms with E-state index in [-0.39, 0.29) is 23.2 Å². The molecule has 10 nitrogen and oxygen atoms in total. The van der Waals surface area contributed by atoms with Crippen molar-refractivity contribution in [3.8, 4) is 17.7 Å². The lowest BCUT2D eigenvalue weighted by Crippen LogP contribution is -2.49. The van der Waals surface area contributed by atoms with Gasteiger partial charge in [0.1, 0.15) is 11.9 Å². The van der Waals surface area contributed by atoms with Crippen molar-refractivity contribution < 1.29 is 13.6 Å². The second-order valence-electron chi connectivity index (χ2n) is 6.34. The summed E-state index contributed by atoms with van der Waals surface area (Å²) in [6.07, 6.45) is 2.30. The fourth-order valence-corrected chi connectivity index (χ4v) is 3.70. The molecule has 0 atom stereocenters. The summed E-state index contributed by atoms with van der Waals surface area (Å²) in [5, 5.41) is 16.9. The number of hydrogen-bond donors (Lipinski definition) is 1. The summed E-state index contributed by atoms with van der Waals surface area (Å²) in [4.78, 5) is 24.7. The van der Waals surface area contributed by atoms with Crippen LogP contribution < -0.4 is 4.90 Å². The molecule has 0 saturated carbocycles. The molecule has 0 spiro atoms. The number of nitrogens with one attached hydrogen (secondary N) is 1. The molecule has 1 N–H and O–H groups in total. The topological polar surface area (TPSA) is 128 Å². The highest BCUT2D eigenvalue weighted by Crippen LogP contribution is 2.29. The highest BCUT2D eigenvalue weighted by atomic mass is 32.2. The van der Waals surface area contributed by atoms with Gasteiger partial charge in [0.05, 0.1) is 12.0 Å². The zero-order chi connectivity index (χ0) is 20.2. The third-order valence-electron chi connectivity index (χ3n) is 4.54. The standard InChI is InChI=1S/C18H19N7O3S/c1-2-14-21-18(23-22-14)29-11-15(26)24-5-7-25(8-6-24)17-12(10-19)20-16(28-17)13-4-3-9-27-13/h3-4,9H,2,5-8,11H2,1H3,(H,21,22,23). The van der Waals surface area contributed by atoms with Crippen molar-refractivity contribution in [3.05, 3.63) is 29.9 Å². The molecule has 1 aliphatic rings. The van der Waals surface area contributed by atoms with Crippen LogP contribution in [0.4, 0.5) is 5.88 Å². The van der Waals surface area contributed by atoms with Crippen molar-refractivity contribution in [2.24, 2.45) is 0 Å². The number of nitrogens with zero attached hydrogens (tertiary/aromatic N) is 6. The van der Waals surface area contributed by atoms with E-state index in [1.807, 2.05) is 11.8 Å². The molecule has 150 valence electrons. The minimum absolute atomic E-state index is 0.0341. The average molecular weight is 413 g/mol. The van der Waals surface area contributed by atoms with Crippen LogP contribution in [0.3, 0.4) is 0 Å². The summed E-state index contributed by atoms with van der Waals surface area (Å²) >= 11 is 1.32. The van der Waals surface area contributed by atoms with Gasteiger partial charge in [-0.3, -0.25) is 9.89 Å². The predicted molar refractivity (Wildman–Crippen MR) is 104 cm³/mol. The maximum absolute atomic E-state index is 12.5. The van der Waals surface area contributed by atoms with E-state index in [0.717, 1.165) is 12.2 Å². The number of carbonyl (C=O) groups excluding carboxylic acids is 1. The Morgan fingerprint density at radius 2 is 2.17 bits per heavy atom. The Kier molecular flexibility index (Phi) is 5.53. The Bertz CT molecular complexity index is 1010. The highest BCUT2D eigenvalue weighted by Gasteiger charge is 2.27. The molecule has 29 heavy (non-hydrogen) atoms. The van der Waals surface area contributed by atoms with Crippen LogP contribution in [-0.4, -0.2) is 62.9 Å². The van der Waals surface area contributed by atoms with E-state index in [1.54, 1.807) is 17.0 Å². The fraction of sp³-hybridized carbons (Fsp3) is 0.389. The number of hydrogen-bond acceptors (Lipinski definition) is 9. The van der Waals surface area contributed by atoms with Crippen molar-refractivity contribution in [1.82, 2.24) is 25.1 Å². The molecule has 1 amide bonds. The molecule has 0 aliphatic carbocycles. The summed E-state index contributed by atoms with van der Waals surface area (Å²) < 4.78 is 11.1. The van der Waals surface area contributed by atoms with Gasteiger partial charge in [0.25, 0.3) is 5.89 Å². The van der Waals surface area contributed by atoms with Crippen molar-refractivity contribution in [1.29, 1.82) is 5.26 Å². The summed E-state index contributed by atoms with van der Waals surface area (Å²) in [6.45, 7) is 4.17. The van der Waals surface area contributed by atoms with Crippen LogP contribution in [0.1, 0.15) is 18.4 Å². The lowest BCUT2D eigenvalue weighted by Gasteiger charge is -2.34. The van der Waals surface area contributed by atoms with Gasteiger partial charge in [-0.2, -0.15) is 10.2 Å². The lowest BCUT2D eigenvalue weighted by atomic mass is 10.3. The van der Waals surface area contributed by atoms with Gasteiger partial charge in [-0.05, 0) is 12.1 Å². The van der Waals surface area contributed by atoms with E-state index in [2.05, 4.69) is 26.2 Å². The highest BCUT2D eigenvalue weighted by molar-refractivity contribution is 7.99. The molecule has 4 rings (SSSR count). The number of anilines is 1. The summed E-state index contributed by atoms with van der Waals surface area (Å²) in [6, 6.07) is 5.52. The van der Waals surface area contributed by atoms with Crippen LogP contribution in [0, 0.1) is 11.3 Å². The Morgan fingerprint density at radius 3 is 2.83 bits per heavy atom. The SMILES string of the molecule is CCc1nc(SCC(=O)N2CCN(c3oc(-c4ccco4)nc3C#N)CC2)n[nH]1. The number of piperazine rings is 1. The molecule has 3 aromatic heterocycles. The first-order valence-electron chi connectivity index (χ1n) is 9.19. The van der Waals surface area contributed by atoms with E-state index in [1.165, 1.54) is 18.0 Å². The monoisotopic (exact) mass is 413 g/mol. The zero-order valence-corrected chi connectivity index (χ0v) is 16.6. The van der Waals surface area contributed by atoms with E-state index in [4.69, 9.17) is 8.83 Å². The van der Waals surface area contributed by atoms with Gasteiger partial charge in [0, 0.05) is 32.6 Å². The molecule has 1 saturated heterocycles.